The molecule has 3 aromatic rings. The van der Waals surface area contributed by atoms with E-state index in [0.29, 0.717) is 30.5 Å². The van der Waals surface area contributed by atoms with Gasteiger partial charge in [0.15, 0.2) is 11.5 Å². The van der Waals surface area contributed by atoms with Gasteiger partial charge in [-0.25, -0.2) is 12.8 Å². The summed E-state index contributed by atoms with van der Waals surface area (Å²) < 4.78 is 57.6. The van der Waals surface area contributed by atoms with Gasteiger partial charge in [-0.1, -0.05) is 6.07 Å². The van der Waals surface area contributed by atoms with E-state index in [4.69, 9.17) is 14.2 Å². The first kappa shape index (κ1) is 26.8. The Morgan fingerprint density at radius 3 is 2.17 bits per heavy atom. The second kappa shape index (κ2) is 12.3. The SMILES string of the molecule is CCOc1ccc(CNC(=O)CN(c2ccc(F)cc2)S(=O)(=O)c2ccc(OC)cc2)cc1OCC. The van der Waals surface area contributed by atoms with Crippen LogP contribution >= 0.6 is 0 Å². The van der Waals surface area contributed by atoms with Gasteiger partial charge in [0.1, 0.15) is 18.1 Å². The van der Waals surface area contributed by atoms with Gasteiger partial charge >= 0.3 is 0 Å². The first-order chi connectivity index (χ1) is 17.3. The average molecular weight is 517 g/mol. The Morgan fingerprint density at radius 1 is 0.917 bits per heavy atom. The third kappa shape index (κ3) is 6.66. The second-order valence-corrected chi connectivity index (χ2v) is 9.45. The number of rotatable bonds is 12. The zero-order valence-corrected chi connectivity index (χ0v) is 21.2. The summed E-state index contributed by atoms with van der Waals surface area (Å²) in [7, 11) is -2.67. The number of carbonyl (C=O) groups is 1. The molecule has 0 atom stereocenters. The molecule has 0 fully saturated rings. The Kier molecular flexibility index (Phi) is 9.13. The van der Waals surface area contributed by atoms with E-state index >= 15 is 0 Å². The minimum atomic E-state index is -4.14. The number of hydrogen-bond donors (Lipinski definition) is 1. The summed E-state index contributed by atoms with van der Waals surface area (Å²) in [5.41, 5.74) is 0.906. The van der Waals surface area contributed by atoms with Gasteiger partial charge in [-0.05, 0) is 80.1 Å². The fourth-order valence-electron chi connectivity index (χ4n) is 3.39. The maximum atomic E-state index is 13.5. The molecule has 0 saturated heterocycles. The molecule has 0 radical (unpaired) electrons. The molecule has 10 heteroatoms. The van der Waals surface area contributed by atoms with Crippen LogP contribution in [0.3, 0.4) is 0 Å². The van der Waals surface area contributed by atoms with Crippen molar-refractivity contribution < 1.29 is 31.8 Å². The van der Waals surface area contributed by atoms with E-state index in [-0.39, 0.29) is 17.1 Å². The van der Waals surface area contributed by atoms with Crippen LogP contribution in [0, 0.1) is 5.82 Å². The van der Waals surface area contributed by atoms with Gasteiger partial charge in [0.05, 0.1) is 30.9 Å². The van der Waals surface area contributed by atoms with E-state index < -0.39 is 28.3 Å². The zero-order chi connectivity index (χ0) is 26.1. The molecule has 0 aliphatic rings. The number of methoxy groups -OCH3 is 1. The lowest BCUT2D eigenvalue weighted by Gasteiger charge is -2.24. The van der Waals surface area contributed by atoms with E-state index in [0.717, 1.165) is 22.0 Å². The van der Waals surface area contributed by atoms with Crippen molar-refractivity contribution >= 4 is 21.6 Å². The quantitative estimate of drug-likeness (QED) is 0.389. The van der Waals surface area contributed by atoms with Crippen LogP contribution in [0.15, 0.2) is 71.6 Å². The summed E-state index contributed by atoms with van der Waals surface area (Å²) in [6.07, 6.45) is 0. The molecular formula is C26H29FN2O6S. The summed E-state index contributed by atoms with van der Waals surface area (Å²) >= 11 is 0. The van der Waals surface area contributed by atoms with Crippen molar-refractivity contribution in [1.29, 1.82) is 0 Å². The molecule has 1 amide bonds. The van der Waals surface area contributed by atoms with Crippen molar-refractivity contribution in [3.8, 4) is 17.2 Å². The number of anilines is 1. The summed E-state index contributed by atoms with van der Waals surface area (Å²) in [5, 5.41) is 2.74. The highest BCUT2D eigenvalue weighted by atomic mass is 32.2. The van der Waals surface area contributed by atoms with Gasteiger partial charge in [0, 0.05) is 6.54 Å². The molecule has 0 aromatic heterocycles. The Morgan fingerprint density at radius 2 is 1.56 bits per heavy atom. The van der Waals surface area contributed by atoms with E-state index in [1.807, 2.05) is 13.8 Å². The molecule has 36 heavy (non-hydrogen) atoms. The normalized spacial score (nSPS) is 11.0. The zero-order valence-electron chi connectivity index (χ0n) is 20.4. The van der Waals surface area contributed by atoms with Crippen molar-refractivity contribution in [3.63, 3.8) is 0 Å². The van der Waals surface area contributed by atoms with Crippen molar-refractivity contribution in [3.05, 3.63) is 78.1 Å². The summed E-state index contributed by atoms with van der Waals surface area (Å²) in [5.74, 6) is 0.583. The molecule has 0 unspecified atom stereocenters. The van der Waals surface area contributed by atoms with Gasteiger partial charge in [-0.3, -0.25) is 9.10 Å². The lowest BCUT2D eigenvalue weighted by Crippen LogP contribution is -2.40. The molecular weight excluding hydrogens is 487 g/mol. The van der Waals surface area contributed by atoms with Gasteiger partial charge in [0.25, 0.3) is 10.0 Å². The largest absolute Gasteiger partial charge is 0.497 e. The van der Waals surface area contributed by atoms with E-state index in [1.165, 1.54) is 43.5 Å². The Bertz CT molecular complexity index is 1260. The van der Waals surface area contributed by atoms with Crippen molar-refractivity contribution in [2.24, 2.45) is 0 Å². The minimum absolute atomic E-state index is 0.0340. The number of amides is 1. The highest BCUT2D eigenvalue weighted by molar-refractivity contribution is 7.92. The van der Waals surface area contributed by atoms with Crippen LogP contribution in [0.5, 0.6) is 17.2 Å². The Hall–Kier alpha value is -3.79. The second-order valence-electron chi connectivity index (χ2n) is 7.59. The average Bonchev–Trinajstić information content (AvgIpc) is 2.88. The summed E-state index contributed by atoms with van der Waals surface area (Å²) in [6, 6.07) is 16.0. The molecule has 3 aromatic carbocycles. The van der Waals surface area contributed by atoms with Crippen molar-refractivity contribution in [1.82, 2.24) is 5.32 Å². The fourth-order valence-corrected chi connectivity index (χ4v) is 4.81. The molecule has 0 bridgehead atoms. The van der Waals surface area contributed by atoms with Gasteiger partial charge in [0.2, 0.25) is 5.91 Å². The highest BCUT2D eigenvalue weighted by Gasteiger charge is 2.27. The number of ether oxygens (including phenoxy) is 3. The van der Waals surface area contributed by atoms with Crippen LogP contribution in [0.4, 0.5) is 10.1 Å². The molecule has 8 nitrogen and oxygen atoms in total. The number of halogens is 1. The topological polar surface area (TPSA) is 94.2 Å². The smallest absolute Gasteiger partial charge is 0.264 e. The van der Waals surface area contributed by atoms with Crippen LogP contribution in [-0.4, -0.2) is 41.2 Å². The lowest BCUT2D eigenvalue weighted by atomic mass is 10.2. The van der Waals surface area contributed by atoms with Crippen LogP contribution in [0.1, 0.15) is 19.4 Å². The highest BCUT2D eigenvalue weighted by Crippen LogP contribution is 2.29. The number of sulfonamides is 1. The third-order valence-electron chi connectivity index (χ3n) is 5.15. The minimum Gasteiger partial charge on any atom is -0.497 e. The van der Waals surface area contributed by atoms with Gasteiger partial charge in [-0.2, -0.15) is 0 Å². The molecule has 3 rings (SSSR count). The maximum absolute atomic E-state index is 13.5. The first-order valence-corrected chi connectivity index (χ1v) is 12.8. The first-order valence-electron chi connectivity index (χ1n) is 11.4. The van der Waals surface area contributed by atoms with Crippen molar-refractivity contribution in [2.45, 2.75) is 25.3 Å². The van der Waals surface area contributed by atoms with E-state index in [9.17, 15) is 17.6 Å². The fraction of sp³-hybridized carbons (Fsp3) is 0.269. The number of nitrogens with one attached hydrogen (secondary N) is 1. The predicted octanol–water partition coefficient (Wildman–Crippen LogP) is 4.14. The molecule has 0 saturated carbocycles. The summed E-state index contributed by atoms with van der Waals surface area (Å²) in [6.45, 7) is 4.30. The van der Waals surface area contributed by atoms with Crippen molar-refractivity contribution in [2.75, 3.05) is 31.2 Å². The summed E-state index contributed by atoms with van der Waals surface area (Å²) in [4.78, 5) is 12.8. The molecule has 192 valence electrons. The number of carbonyl (C=O) groups excluding carboxylic acids is 1. The van der Waals surface area contributed by atoms with Crippen LogP contribution in [0.2, 0.25) is 0 Å². The lowest BCUT2D eigenvalue weighted by molar-refractivity contribution is -0.119. The van der Waals surface area contributed by atoms with Gasteiger partial charge in [-0.15, -0.1) is 0 Å². The third-order valence-corrected chi connectivity index (χ3v) is 6.93. The Balaban J connectivity index is 1.81. The maximum Gasteiger partial charge on any atom is 0.264 e. The monoisotopic (exact) mass is 516 g/mol. The van der Waals surface area contributed by atoms with Crippen LogP contribution in [-0.2, 0) is 21.4 Å². The van der Waals surface area contributed by atoms with E-state index in [1.54, 1.807) is 18.2 Å². The molecule has 0 aliphatic carbocycles. The standard InChI is InChI=1S/C26H29FN2O6S/c1-4-34-24-15-6-19(16-25(24)35-5-2)17-28-26(30)18-29(21-9-7-20(27)8-10-21)36(31,32)23-13-11-22(33-3)12-14-23/h6-16H,4-5,17-18H2,1-3H3,(H,28,30). The van der Waals surface area contributed by atoms with Gasteiger partial charge < -0.3 is 19.5 Å². The van der Waals surface area contributed by atoms with E-state index in [2.05, 4.69) is 5.32 Å². The molecule has 0 aliphatic heterocycles. The van der Waals surface area contributed by atoms with Crippen LogP contribution < -0.4 is 23.8 Å². The van der Waals surface area contributed by atoms with Crippen LogP contribution in [0.25, 0.3) is 0 Å². The molecule has 0 spiro atoms. The Labute approximate surface area is 210 Å². The molecule has 1 N–H and O–H groups in total. The number of hydrogen-bond acceptors (Lipinski definition) is 6. The number of nitrogens with zero attached hydrogens (tertiary/aromatic N) is 1. The molecule has 0 heterocycles. The predicted molar refractivity (Wildman–Crippen MR) is 135 cm³/mol. The number of benzene rings is 3.